The van der Waals surface area contributed by atoms with Crippen LogP contribution in [0, 0.1) is 82.9 Å². The number of aliphatic hydroxyl groups is 3. The first-order chi connectivity index (χ1) is 29.8. The van der Waals surface area contributed by atoms with Gasteiger partial charge in [-0.3, -0.25) is 22.9 Å². The summed E-state index contributed by atoms with van der Waals surface area (Å²) in [5.74, 6) is 31.2. The average Bonchev–Trinajstić information content (AvgIpc) is 3.20. The van der Waals surface area contributed by atoms with Crippen LogP contribution in [0.5, 0.6) is 0 Å². The molecule has 0 aromatic rings. The molecule has 11 N–H and O–H groups in total. The van der Waals surface area contributed by atoms with Gasteiger partial charge in [-0.25, -0.2) is 18.5 Å². The van der Waals surface area contributed by atoms with E-state index in [1.54, 1.807) is 6.92 Å². The van der Waals surface area contributed by atoms with E-state index in [4.69, 9.17) is 18.5 Å². The minimum absolute atomic E-state index is 0. The van der Waals surface area contributed by atoms with Gasteiger partial charge in [-0.2, -0.15) is 0 Å². The highest BCUT2D eigenvalue weighted by molar-refractivity contribution is 7.47. The lowest BCUT2D eigenvalue weighted by molar-refractivity contribution is -0.213. The van der Waals surface area contributed by atoms with Crippen LogP contribution in [0.3, 0.4) is 0 Å². The molecule has 380 valence electrons. The van der Waals surface area contributed by atoms with Crippen molar-refractivity contribution in [1.82, 2.24) is 6.15 Å². The Balaban J connectivity index is -0.000000236. The third-order valence-corrected chi connectivity index (χ3v) is 10.4. The van der Waals surface area contributed by atoms with Crippen LogP contribution in [0.25, 0.3) is 0 Å². The van der Waals surface area contributed by atoms with E-state index in [-0.39, 0.29) is 31.1 Å². The van der Waals surface area contributed by atoms with E-state index in [2.05, 4.69) is 92.9 Å². The summed E-state index contributed by atoms with van der Waals surface area (Å²) < 4.78 is 64.5. The zero-order valence-corrected chi connectivity index (χ0v) is 38.2. The Kier molecular flexibility index (Phi) is 31.4. The summed E-state index contributed by atoms with van der Waals surface area (Å²) in [5, 5.41) is 31.7. The minimum atomic E-state index is -5.63. The first-order valence-corrected chi connectivity index (χ1v) is 24.3. The topological polar surface area (TPSA) is 338 Å². The lowest BCUT2D eigenvalue weighted by atomic mass is 9.85. The highest BCUT2D eigenvalue weighted by Crippen LogP contribution is 2.51. The van der Waals surface area contributed by atoms with E-state index in [1.165, 1.54) is 44.9 Å². The Morgan fingerprint density at radius 2 is 0.969 bits per heavy atom. The van der Waals surface area contributed by atoms with Crippen molar-refractivity contribution < 1.29 is 109 Å². The minimum Gasteiger partial charge on any atom is -0.456 e. The van der Waals surface area contributed by atoms with Gasteiger partial charge in [-0.15, -0.1) is 0 Å². The molecule has 0 aliphatic heterocycles. The van der Waals surface area contributed by atoms with Crippen LogP contribution in [-0.2, 0) is 50.9 Å². The SMILES string of the molecule is CC#CC#CC#CC#CC#CC#CC#CC(=O)OC[C@H](COP(=O)(O)OC1C(O)[C@@H](O)C(OP(=O)(O)O)[C@@H](OP(=O)(O)O)[C@H]1O)OC(=O)CCCCCCCCCCCCCCC.N.[HH].[HH].[HH].[HH].[HH].[HH].[HH].[HH].[HH].[HH].[HH].[HH].[HH]. The Morgan fingerprint density at radius 1 is 0.562 bits per heavy atom. The third kappa shape index (κ3) is 29.5. The molecule has 0 spiro atoms. The maximum atomic E-state index is 13.0. The van der Waals surface area contributed by atoms with Gasteiger partial charge in [0.05, 0.1) is 6.61 Å². The molecular weight excluding hydrogens is 903 g/mol. The Labute approximate surface area is 393 Å². The van der Waals surface area contributed by atoms with Crippen molar-refractivity contribution in [3.05, 3.63) is 0 Å². The number of ether oxygens (including phenoxy) is 2. The number of phosphoric ester groups is 3. The van der Waals surface area contributed by atoms with E-state index in [9.17, 15) is 63.1 Å². The summed E-state index contributed by atoms with van der Waals surface area (Å²) in [4.78, 5) is 72.4. The Morgan fingerprint density at radius 3 is 1.42 bits per heavy atom. The van der Waals surface area contributed by atoms with Crippen molar-refractivity contribution in [2.24, 2.45) is 0 Å². The quantitative estimate of drug-likeness (QED) is 0.0161. The Bertz CT molecular complexity index is 2130. The van der Waals surface area contributed by atoms with E-state index in [0.29, 0.717) is 12.8 Å². The van der Waals surface area contributed by atoms with Crippen molar-refractivity contribution >= 4 is 35.4 Å². The summed E-state index contributed by atoms with van der Waals surface area (Å²) in [6.07, 6.45) is -3.06. The summed E-state index contributed by atoms with van der Waals surface area (Å²) in [6.45, 7) is 1.99. The maximum absolute atomic E-state index is 13.0. The van der Waals surface area contributed by atoms with Crippen LogP contribution < -0.4 is 6.15 Å². The lowest BCUT2D eigenvalue weighted by Gasteiger charge is -2.44. The van der Waals surface area contributed by atoms with Gasteiger partial charge in [0, 0.05) is 30.9 Å². The maximum Gasteiger partial charge on any atom is 0.472 e. The van der Waals surface area contributed by atoms with Crippen molar-refractivity contribution in [1.29, 1.82) is 0 Å². The molecule has 0 bridgehead atoms. The number of rotatable bonds is 26. The highest BCUT2D eigenvalue weighted by atomic mass is 31.2. The van der Waals surface area contributed by atoms with E-state index < -0.39 is 91.3 Å². The largest absolute Gasteiger partial charge is 0.472 e. The summed E-state index contributed by atoms with van der Waals surface area (Å²) in [6, 6.07) is 0. The van der Waals surface area contributed by atoms with Crippen LogP contribution in [0.4, 0.5) is 0 Å². The molecule has 8 atom stereocenters. The predicted octanol–water partition coefficient (Wildman–Crippen LogP) is 5.88. The smallest absolute Gasteiger partial charge is 0.456 e. The molecule has 0 aromatic heterocycles. The van der Waals surface area contributed by atoms with Crippen molar-refractivity contribution in [3.63, 3.8) is 0 Å². The van der Waals surface area contributed by atoms with E-state index in [1.807, 2.05) is 5.92 Å². The molecular formula is C41H82NO19P3. The number of hydrogen-bond donors (Lipinski definition) is 9. The fourth-order valence-corrected chi connectivity index (χ4v) is 7.62. The molecule has 0 aromatic carbocycles. The average molecular weight is 986 g/mol. The summed E-state index contributed by atoms with van der Waals surface area (Å²) >= 11 is 0. The van der Waals surface area contributed by atoms with Crippen LogP contribution in [0.2, 0.25) is 0 Å². The second-order valence-electron chi connectivity index (χ2n) is 13.5. The predicted molar refractivity (Wildman–Crippen MR) is 256 cm³/mol. The fourth-order valence-electron chi connectivity index (χ4n) is 5.52. The van der Waals surface area contributed by atoms with E-state index in [0.717, 1.165) is 25.7 Å². The first kappa shape index (κ1) is 60.0. The number of hydrogen-bond acceptors (Lipinski definition) is 15. The van der Waals surface area contributed by atoms with Crippen molar-refractivity contribution in [3.8, 4) is 82.9 Å². The number of carbonyl (C=O) groups excluding carboxylic acids is 2. The van der Waals surface area contributed by atoms with Crippen LogP contribution in [0.1, 0.15) is 122 Å². The van der Waals surface area contributed by atoms with Gasteiger partial charge in [-0.1, -0.05) is 89.9 Å². The van der Waals surface area contributed by atoms with Crippen LogP contribution >= 0.6 is 23.5 Å². The number of esters is 2. The van der Waals surface area contributed by atoms with Crippen molar-refractivity contribution in [2.45, 2.75) is 146 Å². The fraction of sp³-hybridized carbons (Fsp3) is 0.610. The molecule has 4 unspecified atom stereocenters. The van der Waals surface area contributed by atoms with Gasteiger partial charge in [0.25, 0.3) is 0 Å². The normalized spacial score (nSPS) is 20.0. The second-order valence-corrected chi connectivity index (χ2v) is 17.3. The summed E-state index contributed by atoms with van der Waals surface area (Å²) in [5.41, 5.74) is 0. The van der Waals surface area contributed by atoms with Gasteiger partial charge in [0.2, 0.25) is 0 Å². The molecule has 0 radical (unpaired) electrons. The van der Waals surface area contributed by atoms with Gasteiger partial charge in [0.1, 0.15) is 43.2 Å². The second kappa shape index (κ2) is 33.5. The van der Waals surface area contributed by atoms with Crippen LogP contribution in [0.15, 0.2) is 0 Å². The molecule has 1 saturated carbocycles. The third-order valence-electron chi connectivity index (χ3n) is 8.38. The molecule has 0 amide bonds. The molecule has 64 heavy (non-hydrogen) atoms. The van der Waals surface area contributed by atoms with Gasteiger partial charge in [-0.05, 0) is 84.4 Å². The molecule has 1 aliphatic carbocycles. The molecule has 1 aliphatic rings. The molecule has 1 fully saturated rings. The van der Waals surface area contributed by atoms with Gasteiger partial charge >= 0.3 is 35.4 Å². The monoisotopic (exact) mass is 985 g/mol. The van der Waals surface area contributed by atoms with Crippen LogP contribution in [-0.4, -0.2) is 108 Å². The molecule has 0 heterocycles. The van der Waals surface area contributed by atoms with Crippen molar-refractivity contribution in [2.75, 3.05) is 13.2 Å². The molecule has 23 heteroatoms. The standard InChI is InChI=1S/C41H53O19P3.H3N.13H2/c1-3-5-7-9-11-13-15-17-19-21-23-25-27-29-34(42)55-31-33(57-35(43)30-28-26-24-22-20-18-16-14-12-10-8-6-4-2)32-56-63(53,54)60-39-36(44)37(45)40(58-61(47,48)49)41(38(39)46)59-62(50,51)52;;;;;;;;;;;;;;/h33,36-41,44-46H,4,6,8,10,12,14,16,18,20,22,24,26,28,30-32H2,1-2H3,(H,53,54)(H2,47,48,49)(H2,50,51,52);1H3;13*1H/t33-,36?,37-,38+,39?,40?,41+;;;;;;;;;;;;;;/m1............../s1. The number of aliphatic hydroxyl groups excluding tert-OH is 3. The zero-order chi connectivity index (χ0) is 47.2. The van der Waals surface area contributed by atoms with Gasteiger partial charge < -0.3 is 55.4 Å². The highest BCUT2D eigenvalue weighted by Gasteiger charge is 2.56. The molecule has 20 nitrogen and oxygen atoms in total. The Hall–Kier alpha value is -3.97. The number of unbranched alkanes of at least 4 members (excludes halogenated alkanes) is 12. The number of carbonyl (C=O) groups is 2. The van der Waals surface area contributed by atoms with E-state index >= 15 is 0 Å². The zero-order valence-electron chi connectivity index (χ0n) is 35.5. The molecule has 1 rings (SSSR count). The molecule has 0 saturated heterocycles. The summed E-state index contributed by atoms with van der Waals surface area (Å²) in [7, 11) is -16.7. The lowest BCUT2D eigenvalue weighted by Crippen LogP contribution is -2.65. The first-order valence-electron chi connectivity index (χ1n) is 19.8. The number of phosphoric acid groups is 3. The van der Waals surface area contributed by atoms with Gasteiger partial charge in [0.15, 0.2) is 6.10 Å².